The van der Waals surface area contributed by atoms with Crippen molar-refractivity contribution in [3.8, 4) is 6.07 Å². The normalized spacial score (nSPS) is 14.9. The topological polar surface area (TPSA) is 52.9 Å². The second kappa shape index (κ2) is 8.55. The molecular weight excluding hydrogens is 348 g/mol. The summed E-state index contributed by atoms with van der Waals surface area (Å²) in [6.45, 7) is 1.92. The predicted octanol–water partition coefficient (Wildman–Crippen LogP) is 5.15. The molecule has 1 aromatic heterocycles. The number of benzene rings is 1. The van der Waals surface area contributed by atoms with Gasteiger partial charge in [0, 0.05) is 10.6 Å². The van der Waals surface area contributed by atoms with Gasteiger partial charge in [0.05, 0.1) is 10.8 Å². The zero-order valence-corrected chi connectivity index (χ0v) is 16.0. The van der Waals surface area contributed by atoms with Gasteiger partial charge in [-0.25, -0.2) is 0 Å². The van der Waals surface area contributed by atoms with Crippen molar-refractivity contribution in [2.24, 2.45) is 0 Å². The van der Waals surface area contributed by atoms with Crippen LogP contribution in [-0.2, 0) is 23.4 Å². The van der Waals surface area contributed by atoms with Gasteiger partial charge in [-0.05, 0) is 43.7 Å². The fourth-order valence-electron chi connectivity index (χ4n) is 3.03. The van der Waals surface area contributed by atoms with Gasteiger partial charge in [-0.2, -0.15) is 5.26 Å². The van der Waals surface area contributed by atoms with E-state index in [2.05, 4.69) is 23.5 Å². The van der Waals surface area contributed by atoms with Crippen LogP contribution >= 0.6 is 23.1 Å². The standard InChI is InChI=1S/C20H22N2OS2/c1-14(24-13-15-8-4-2-5-9-15)19(23)22-20-17(12-21)16-10-6-3-7-11-18(16)25-20/h2,4-5,8-9,14H,3,6-7,10-11,13H2,1H3,(H,22,23)/t14-/m0/s1. The largest absolute Gasteiger partial charge is 0.316 e. The molecule has 1 aliphatic rings. The number of carbonyl (C=O) groups is 1. The van der Waals surface area contributed by atoms with Crippen molar-refractivity contribution < 1.29 is 4.79 Å². The molecule has 1 N–H and O–H groups in total. The molecule has 0 unspecified atom stereocenters. The lowest BCUT2D eigenvalue weighted by molar-refractivity contribution is -0.115. The number of anilines is 1. The third kappa shape index (κ3) is 4.45. The van der Waals surface area contributed by atoms with E-state index in [1.54, 1.807) is 23.1 Å². The molecule has 1 amide bonds. The van der Waals surface area contributed by atoms with Crippen LogP contribution in [0.2, 0.25) is 0 Å². The first-order valence-corrected chi connectivity index (χ1v) is 10.6. The van der Waals surface area contributed by atoms with Crippen LogP contribution in [0.1, 0.15) is 47.8 Å². The summed E-state index contributed by atoms with van der Waals surface area (Å²) in [4.78, 5) is 13.8. The van der Waals surface area contributed by atoms with Crippen LogP contribution in [-0.4, -0.2) is 11.2 Å². The minimum atomic E-state index is -0.159. The number of hydrogen-bond donors (Lipinski definition) is 1. The molecule has 1 heterocycles. The summed E-state index contributed by atoms with van der Waals surface area (Å²) in [6, 6.07) is 12.5. The molecule has 0 saturated heterocycles. The Hall–Kier alpha value is -1.77. The summed E-state index contributed by atoms with van der Waals surface area (Å²) in [7, 11) is 0. The van der Waals surface area contributed by atoms with Gasteiger partial charge in [-0.3, -0.25) is 4.79 Å². The number of nitriles is 1. The van der Waals surface area contributed by atoms with Crippen LogP contribution in [0.4, 0.5) is 5.00 Å². The summed E-state index contributed by atoms with van der Waals surface area (Å²) in [5.74, 6) is 0.787. The van der Waals surface area contributed by atoms with Crippen molar-refractivity contribution in [3.63, 3.8) is 0 Å². The highest BCUT2D eigenvalue weighted by atomic mass is 32.2. The number of hydrogen-bond acceptors (Lipinski definition) is 4. The van der Waals surface area contributed by atoms with Crippen molar-refractivity contribution in [2.75, 3.05) is 5.32 Å². The molecule has 0 spiro atoms. The van der Waals surface area contributed by atoms with Gasteiger partial charge in [0.2, 0.25) is 5.91 Å². The Morgan fingerprint density at radius 1 is 1.28 bits per heavy atom. The number of rotatable bonds is 5. The predicted molar refractivity (Wildman–Crippen MR) is 106 cm³/mol. The summed E-state index contributed by atoms with van der Waals surface area (Å²) in [6.07, 6.45) is 5.52. The first kappa shape index (κ1) is 18.0. The van der Waals surface area contributed by atoms with Gasteiger partial charge in [0.1, 0.15) is 11.1 Å². The van der Waals surface area contributed by atoms with Crippen molar-refractivity contribution in [2.45, 2.75) is 50.0 Å². The zero-order valence-electron chi connectivity index (χ0n) is 14.4. The quantitative estimate of drug-likeness (QED) is 0.741. The molecule has 1 aliphatic carbocycles. The minimum absolute atomic E-state index is 0.0196. The fraction of sp³-hybridized carbons (Fsp3) is 0.400. The Morgan fingerprint density at radius 2 is 2.04 bits per heavy atom. The number of nitrogens with zero attached hydrogens (tertiary/aromatic N) is 1. The monoisotopic (exact) mass is 370 g/mol. The van der Waals surface area contributed by atoms with E-state index in [0.29, 0.717) is 5.56 Å². The Morgan fingerprint density at radius 3 is 2.80 bits per heavy atom. The molecule has 0 saturated carbocycles. The molecular formula is C20H22N2OS2. The SMILES string of the molecule is C[C@H](SCc1ccccc1)C(=O)Nc1sc2c(c1C#N)CCCCC2. The second-order valence-corrected chi connectivity index (χ2v) is 8.74. The lowest BCUT2D eigenvalue weighted by Crippen LogP contribution is -2.22. The van der Waals surface area contributed by atoms with Crippen molar-refractivity contribution >= 4 is 34.0 Å². The Labute approximate surface area is 157 Å². The molecule has 3 nitrogen and oxygen atoms in total. The highest BCUT2D eigenvalue weighted by Crippen LogP contribution is 2.37. The number of nitrogens with one attached hydrogen (secondary N) is 1. The van der Waals surface area contributed by atoms with Crippen LogP contribution < -0.4 is 5.32 Å². The van der Waals surface area contributed by atoms with Crippen LogP contribution in [0.15, 0.2) is 30.3 Å². The van der Waals surface area contributed by atoms with Crippen molar-refractivity contribution in [3.05, 3.63) is 51.9 Å². The summed E-state index contributed by atoms with van der Waals surface area (Å²) in [5, 5.41) is 13.2. The van der Waals surface area contributed by atoms with E-state index in [-0.39, 0.29) is 11.2 Å². The smallest absolute Gasteiger partial charge is 0.237 e. The molecule has 0 aliphatic heterocycles. The number of thiophene rings is 1. The minimum Gasteiger partial charge on any atom is -0.316 e. The molecule has 3 rings (SSSR count). The molecule has 1 atom stereocenters. The van der Waals surface area contributed by atoms with E-state index in [9.17, 15) is 10.1 Å². The molecule has 0 fully saturated rings. The summed E-state index contributed by atoms with van der Waals surface area (Å²) < 4.78 is 0. The lowest BCUT2D eigenvalue weighted by atomic mass is 10.1. The van der Waals surface area contributed by atoms with Crippen molar-refractivity contribution in [1.82, 2.24) is 0 Å². The Kier molecular flexibility index (Phi) is 6.17. The molecule has 0 bridgehead atoms. The number of amides is 1. The average molecular weight is 371 g/mol. The number of thioether (sulfide) groups is 1. The zero-order chi connectivity index (χ0) is 17.6. The van der Waals surface area contributed by atoms with Gasteiger partial charge < -0.3 is 5.32 Å². The van der Waals surface area contributed by atoms with E-state index >= 15 is 0 Å². The lowest BCUT2D eigenvalue weighted by Gasteiger charge is -2.11. The molecule has 2 aromatic rings. The fourth-order valence-corrected chi connectivity index (χ4v) is 5.12. The van der Waals surface area contributed by atoms with Crippen LogP contribution in [0.3, 0.4) is 0 Å². The molecule has 130 valence electrons. The maximum Gasteiger partial charge on any atom is 0.237 e. The highest BCUT2D eigenvalue weighted by molar-refractivity contribution is 7.99. The van der Waals surface area contributed by atoms with E-state index in [0.717, 1.165) is 30.0 Å². The number of fused-ring (bicyclic) bond motifs is 1. The summed E-state index contributed by atoms with van der Waals surface area (Å²) in [5.41, 5.74) is 3.08. The van der Waals surface area contributed by atoms with Crippen LogP contribution in [0.5, 0.6) is 0 Å². The number of carbonyl (C=O) groups excluding carboxylic acids is 1. The molecule has 25 heavy (non-hydrogen) atoms. The highest BCUT2D eigenvalue weighted by Gasteiger charge is 2.22. The first-order chi connectivity index (χ1) is 12.2. The molecule has 1 aromatic carbocycles. The second-order valence-electron chi connectivity index (χ2n) is 6.31. The Balaban J connectivity index is 1.65. The van der Waals surface area contributed by atoms with E-state index < -0.39 is 0 Å². The maximum atomic E-state index is 12.5. The van der Waals surface area contributed by atoms with E-state index in [1.165, 1.54) is 28.8 Å². The maximum absolute atomic E-state index is 12.5. The number of aryl methyl sites for hydroxylation is 1. The van der Waals surface area contributed by atoms with Gasteiger partial charge in [0.25, 0.3) is 0 Å². The third-order valence-electron chi connectivity index (χ3n) is 4.48. The van der Waals surface area contributed by atoms with Crippen LogP contribution in [0, 0.1) is 11.3 Å². The van der Waals surface area contributed by atoms with Gasteiger partial charge in [0.15, 0.2) is 0 Å². The molecule has 0 radical (unpaired) electrons. The van der Waals surface area contributed by atoms with E-state index in [1.807, 2.05) is 25.1 Å². The average Bonchev–Trinajstić information content (AvgIpc) is 2.79. The molecule has 5 heteroatoms. The Bertz CT molecular complexity index is 777. The van der Waals surface area contributed by atoms with Crippen LogP contribution in [0.25, 0.3) is 0 Å². The first-order valence-electron chi connectivity index (χ1n) is 8.70. The van der Waals surface area contributed by atoms with Crippen molar-refractivity contribution in [1.29, 1.82) is 5.26 Å². The third-order valence-corrected chi connectivity index (χ3v) is 6.90. The van der Waals surface area contributed by atoms with E-state index in [4.69, 9.17) is 0 Å². The summed E-state index contributed by atoms with van der Waals surface area (Å²) >= 11 is 3.21. The van der Waals surface area contributed by atoms with Gasteiger partial charge >= 0.3 is 0 Å². The van der Waals surface area contributed by atoms with Gasteiger partial charge in [-0.1, -0.05) is 36.8 Å². The van der Waals surface area contributed by atoms with Gasteiger partial charge in [-0.15, -0.1) is 23.1 Å².